The van der Waals surface area contributed by atoms with Gasteiger partial charge in [-0.3, -0.25) is 4.79 Å². The number of benzene rings is 1. The van der Waals surface area contributed by atoms with Gasteiger partial charge in [-0.25, -0.2) is 8.78 Å². The van der Waals surface area contributed by atoms with Crippen LogP contribution in [0.4, 0.5) is 30.7 Å². The van der Waals surface area contributed by atoms with Gasteiger partial charge in [0, 0.05) is 0 Å². The number of hydrogen-bond donors (Lipinski definition) is 0. The van der Waals surface area contributed by atoms with Crippen LogP contribution in [0.3, 0.4) is 0 Å². The van der Waals surface area contributed by atoms with E-state index in [9.17, 15) is 35.5 Å². The molecule has 0 heterocycles. The predicted octanol–water partition coefficient (Wildman–Crippen LogP) is 6.17. The summed E-state index contributed by atoms with van der Waals surface area (Å²) in [6, 6.07) is -0.0467. The average Bonchev–Trinajstić information content (AvgIpc) is 2.99. The fourth-order valence-corrected chi connectivity index (χ4v) is 3.08. The smallest absolute Gasteiger partial charge is 0.397 e. The summed E-state index contributed by atoms with van der Waals surface area (Å²) in [6.45, 7) is 3.07. The number of alkyl halides is 5. The standard InChI is InChI=1S/C16H11Cl2F7O2/c1-14(2)8(5-9(17)18)10(14)13(26)27-16(24,25)7-4-3-6(15(21,22)23)11(19)12(7)20/h3-5,8,10H,1-2H3. The minimum Gasteiger partial charge on any atom is -0.397 e. The number of ether oxygens (including phenoxy) is 1. The molecule has 1 saturated carbocycles. The van der Waals surface area contributed by atoms with Crippen LogP contribution < -0.4 is 0 Å². The number of hydrogen-bond acceptors (Lipinski definition) is 2. The number of esters is 1. The molecule has 0 radical (unpaired) electrons. The van der Waals surface area contributed by atoms with Crippen molar-refractivity contribution in [3.63, 3.8) is 0 Å². The predicted molar refractivity (Wildman–Crippen MR) is 81.9 cm³/mol. The summed E-state index contributed by atoms with van der Waals surface area (Å²) in [7, 11) is 0. The molecular weight excluding hydrogens is 428 g/mol. The highest BCUT2D eigenvalue weighted by Crippen LogP contribution is 2.60. The Kier molecular flexibility index (Phi) is 5.53. The lowest BCUT2D eigenvalue weighted by Crippen LogP contribution is -2.27. The lowest BCUT2D eigenvalue weighted by Gasteiger charge is -2.19. The van der Waals surface area contributed by atoms with E-state index in [4.69, 9.17) is 23.2 Å². The Balaban J connectivity index is 2.29. The molecule has 0 amide bonds. The van der Waals surface area contributed by atoms with Gasteiger partial charge in [0.15, 0.2) is 11.6 Å². The maximum atomic E-state index is 14.1. The molecule has 2 unspecified atom stereocenters. The van der Waals surface area contributed by atoms with Crippen LogP contribution in [0.15, 0.2) is 22.7 Å². The molecule has 1 fully saturated rings. The Hall–Kier alpha value is -1.48. The van der Waals surface area contributed by atoms with Gasteiger partial charge < -0.3 is 4.74 Å². The zero-order chi connectivity index (χ0) is 20.9. The summed E-state index contributed by atoms with van der Waals surface area (Å²) < 4.78 is 96.8. The van der Waals surface area contributed by atoms with Crippen molar-refractivity contribution < 1.29 is 40.3 Å². The number of carbonyl (C=O) groups excluding carboxylic acids is 1. The normalized spacial score (nSPS) is 21.6. The second kappa shape index (κ2) is 6.84. The van der Waals surface area contributed by atoms with Crippen LogP contribution in [0, 0.1) is 28.9 Å². The van der Waals surface area contributed by atoms with Crippen molar-refractivity contribution in [1.29, 1.82) is 0 Å². The molecule has 1 aromatic carbocycles. The molecule has 11 heteroatoms. The highest BCUT2D eigenvalue weighted by Gasteiger charge is 2.63. The highest BCUT2D eigenvalue weighted by molar-refractivity contribution is 6.55. The molecule has 1 aromatic rings. The molecule has 150 valence electrons. The summed E-state index contributed by atoms with van der Waals surface area (Å²) >= 11 is 10.9. The van der Waals surface area contributed by atoms with E-state index in [0.717, 1.165) is 0 Å². The third kappa shape index (κ3) is 4.18. The Bertz CT molecular complexity index is 799. The van der Waals surface area contributed by atoms with E-state index in [2.05, 4.69) is 4.74 Å². The number of halogens is 9. The fourth-order valence-electron chi connectivity index (χ4n) is 2.81. The van der Waals surface area contributed by atoms with Crippen LogP contribution in [-0.4, -0.2) is 5.97 Å². The van der Waals surface area contributed by atoms with Crippen molar-refractivity contribution in [1.82, 2.24) is 0 Å². The van der Waals surface area contributed by atoms with E-state index in [-0.39, 0.29) is 16.6 Å². The number of allylic oxidation sites excluding steroid dienone is 1. The SMILES string of the molecule is CC1(C)C(C=C(Cl)Cl)C1C(=O)OC(F)(F)c1ccc(C(F)(F)F)c(F)c1F. The molecule has 0 bridgehead atoms. The Morgan fingerprint density at radius 1 is 1.07 bits per heavy atom. The lowest BCUT2D eigenvalue weighted by molar-refractivity contribution is -0.243. The zero-order valence-electron chi connectivity index (χ0n) is 13.6. The molecule has 2 rings (SSSR count). The van der Waals surface area contributed by atoms with Crippen molar-refractivity contribution in [3.05, 3.63) is 45.5 Å². The Morgan fingerprint density at radius 2 is 1.56 bits per heavy atom. The van der Waals surface area contributed by atoms with Gasteiger partial charge in [0.1, 0.15) is 10.1 Å². The largest absolute Gasteiger partial charge is 0.431 e. The summed E-state index contributed by atoms with van der Waals surface area (Å²) in [5.41, 5.74) is -4.73. The second-order valence-corrected chi connectivity index (χ2v) is 7.51. The first-order chi connectivity index (χ1) is 12.1. The van der Waals surface area contributed by atoms with Gasteiger partial charge in [0.2, 0.25) is 0 Å². The van der Waals surface area contributed by atoms with E-state index in [1.54, 1.807) is 0 Å². The summed E-state index contributed by atoms with van der Waals surface area (Å²) in [6.07, 6.45) is -8.73. The van der Waals surface area contributed by atoms with Gasteiger partial charge in [0.25, 0.3) is 0 Å². The van der Waals surface area contributed by atoms with Crippen molar-refractivity contribution >= 4 is 29.2 Å². The molecule has 1 aliphatic rings. The van der Waals surface area contributed by atoms with Gasteiger partial charge in [-0.05, 0) is 29.5 Å². The van der Waals surface area contributed by atoms with E-state index >= 15 is 0 Å². The minimum atomic E-state index is -5.28. The van der Waals surface area contributed by atoms with Crippen LogP contribution in [0.25, 0.3) is 0 Å². The van der Waals surface area contributed by atoms with Crippen molar-refractivity contribution in [2.75, 3.05) is 0 Å². The van der Waals surface area contributed by atoms with Crippen LogP contribution in [-0.2, 0) is 21.8 Å². The number of rotatable bonds is 4. The summed E-state index contributed by atoms with van der Waals surface area (Å²) in [4.78, 5) is 12.0. The molecule has 0 spiro atoms. The third-order valence-electron chi connectivity index (χ3n) is 4.40. The second-order valence-electron chi connectivity index (χ2n) is 6.51. The third-order valence-corrected chi connectivity index (χ3v) is 4.65. The van der Waals surface area contributed by atoms with Crippen LogP contribution >= 0.6 is 23.2 Å². The monoisotopic (exact) mass is 438 g/mol. The fraction of sp³-hybridized carbons (Fsp3) is 0.438. The molecule has 0 aliphatic heterocycles. The van der Waals surface area contributed by atoms with E-state index in [1.165, 1.54) is 19.9 Å². The minimum absolute atomic E-state index is 0.0135. The van der Waals surface area contributed by atoms with Gasteiger partial charge >= 0.3 is 18.3 Å². The van der Waals surface area contributed by atoms with Crippen molar-refractivity contribution in [2.24, 2.45) is 17.3 Å². The first kappa shape index (κ1) is 21.8. The van der Waals surface area contributed by atoms with Gasteiger partial charge in [-0.1, -0.05) is 37.0 Å². The lowest BCUT2D eigenvalue weighted by atomic mass is 10.1. The van der Waals surface area contributed by atoms with Gasteiger partial charge in [-0.15, -0.1) is 0 Å². The van der Waals surface area contributed by atoms with E-state index in [1.807, 2.05) is 0 Å². The molecule has 0 N–H and O–H groups in total. The van der Waals surface area contributed by atoms with E-state index < -0.39 is 58.3 Å². The average molecular weight is 439 g/mol. The molecule has 27 heavy (non-hydrogen) atoms. The zero-order valence-corrected chi connectivity index (χ0v) is 15.1. The molecular formula is C16H11Cl2F7O2. The van der Waals surface area contributed by atoms with Gasteiger partial charge in [0.05, 0.1) is 11.5 Å². The molecule has 2 atom stereocenters. The van der Waals surface area contributed by atoms with Crippen LogP contribution in [0.5, 0.6) is 0 Å². The molecule has 1 aliphatic carbocycles. The molecule has 0 saturated heterocycles. The van der Waals surface area contributed by atoms with E-state index in [0.29, 0.717) is 0 Å². The quantitative estimate of drug-likeness (QED) is 0.415. The molecule has 2 nitrogen and oxygen atoms in total. The first-order valence-corrected chi connectivity index (χ1v) is 8.05. The number of carbonyl (C=O) groups is 1. The Morgan fingerprint density at radius 3 is 2.04 bits per heavy atom. The first-order valence-electron chi connectivity index (χ1n) is 7.30. The van der Waals surface area contributed by atoms with Crippen molar-refractivity contribution in [2.45, 2.75) is 26.1 Å². The summed E-state index contributed by atoms with van der Waals surface area (Å²) in [5.74, 6) is -8.17. The van der Waals surface area contributed by atoms with Gasteiger partial charge in [-0.2, -0.15) is 22.0 Å². The molecule has 0 aromatic heterocycles. The Labute approximate surface area is 158 Å². The maximum Gasteiger partial charge on any atom is 0.431 e. The van der Waals surface area contributed by atoms with Crippen LogP contribution in [0.2, 0.25) is 0 Å². The summed E-state index contributed by atoms with van der Waals surface area (Å²) in [5, 5.41) is 0. The highest BCUT2D eigenvalue weighted by atomic mass is 35.5. The van der Waals surface area contributed by atoms with Crippen LogP contribution in [0.1, 0.15) is 25.0 Å². The maximum absolute atomic E-state index is 14.1. The topological polar surface area (TPSA) is 26.3 Å². The van der Waals surface area contributed by atoms with Crippen molar-refractivity contribution in [3.8, 4) is 0 Å².